The van der Waals surface area contributed by atoms with Crippen LogP contribution >= 0.6 is 11.8 Å². The van der Waals surface area contributed by atoms with Gasteiger partial charge >= 0.3 is 0 Å². The molecule has 1 aliphatic heterocycles. The zero-order valence-electron chi connectivity index (χ0n) is 17.0. The number of hydrogen-bond donors (Lipinski definition) is 4. The zero-order valence-corrected chi connectivity index (χ0v) is 17.8. The van der Waals surface area contributed by atoms with Gasteiger partial charge in [0.25, 0.3) is 0 Å². The highest BCUT2D eigenvalue weighted by Gasteiger charge is 2.27. The average Bonchev–Trinajstić information content (AvgIpc) is 3.16. The molecule has 3 aromatic rings. The quantitative estimate of drug-likeness (QED) is 0.434. The van der Waals surface area contributed by atoms with E-state index in [4.69, 9.17) is 0 Å². The maximum Gasteiger partial charge on any atom is 0.223 e. The molecule has 8 heteroatoms. The van der Waals surface area contributed by atoms with Crippen LogP contribution in [-0.2, 0) is 21.8 Å². The minimum Gasteiger partial charge on any atom is -0.361 e. The first-order valence-corrected chi connectivity index (χ1v) is 11.4. The van der Waals surface area contributed by atoms with E-state index in [1.165, 1.54) is 17.8 Å². The van der Waals surface area contributed by atoms with Crippen LogP contribution in [0.2, 0.25) is 0 Å². The molecule has 4 N–H and O–H groups in total. The van der Waals surface area contributed by atoms with Crippen molar-refractivity contribution in [1.29, 1.82) is 0 Å². The van der Waals surface area contributed by atoms with Gasteiger partial charge < -0.3 is 15.6 Å². The number of nitrogens with one attached hydrogen (secondary N) is 4. The standard InChI is InChI=1S/C23H25FN4O2S/c24-19-7-3-1-5-16(19)14-31-23-27-17(12-22(30)28-23)11-21(29)25-10-9-15-13-26-20-8-4-2-6-18(15)20/h1-8,13,17,23,26-27H,9-12,14H2,(H,25,29)(H,28,30). The maximum absolute atomic E-state index is 13.8. The maximum atomic E-state index is 13.8. The summed E-state index contributed by atoms with van der Waals surface area (Å²) in [4.78, 5) is 27.7. The van der Waals surface area contributed by atoms with E-state index in [-0.39, 0.29) is 42.0 Å². The molecule has 2 heterocycles. The molecule has 6 nitrogen and oxygen atoms in total. The molecule has 1 aliphatic rings. The van der Waals surface area contributed by atoms with Crippen molar-refractivity contribution >= 4 is 34.5 Å². The molecule has 31 heavy (non-hydrogen) atoms. The first-order valence-electron chi connectivity index (χ1n) is 10.3. The molecule has 1 aromatic heterocycles. The van der Waals surface area contributed by atoms with Crippen LogP contribution in [0.3, 0.4) is 0 Å². The Kier molecular flexibility index (Phi) is 6.89. The number of amides is 2. The second-order valence-corrected chi connectivity index (χ2v) is 8.67. The second-order valence-electron chi connectivity index (χ2n) is 7.58. The number of rotatable bonds is 8. The number of aromatic nitrogens is 1. The van der Waals surface area contributed by atoms with Crippen molar-refractivity contribution in [2.24, 2.45) is 0 Å². The normalized spacial score (nSPS) is 18.7. The van der Waals surface area contributed by atoms with Crippen molar-refractivity contribution in [3.05, 3.63) is 71.7 Å². The summed E-state index contributed by atoms with van der Waals surface area (Å²) in [5.41, 5.74) is 2.47. The summed E-state index contributed by atoms with van der Waals surface area (Å²) >= 11 is 1.40. The predicted octanol–water partition coefficient (Wildman–Crippen LogP) is 3.05. The van der Waals surface area contributed by atoms with E-state index in [1.807, 2.05) is 24.4 Å². The monoisotopic (exact) mass is 440 g/mol. The SMILES string of the molecule is O=C(CC1CC(=O)NC(SCc2ccccc2F)N1)NCCc1c[nH]c2ccccc12. The Bertz CT molecular complexity index is 1070. The molecule has 162 valence electrons. The minimum absolute atomic E-state index is 0.0927. The van der Waals surface area contributed by atoms with Crippen LogP contribution in [0.25, 0.3) is 10.9 Å². The molecule has 0 saturated carbocycles. The first-order chi connectivity index (χ1) is 15.1. The third-order valence-electron chi connectivity index (χ3n) is 5.30. The van der Waals surface area contributed by atoms with E-state index < -0.39 is 0 Å². The summed E-state index contributed by atoms with van der Waals surface area (Å²) in [6, 6.07) is 14.4. The van der Waals surface area contributed by atoms with Crippen molar-refractivity contribution < 1.29 is 14.0 Å². The minimum atomic E-state index is -0.357. The van der Waals surface area contributed by atoms with Crippen LogP contribution in [0.15, 0.2) is 54.7 Å². The Morgan fingerprint density at radius 1 is 1.13 bits per heavy atom. The van der Waals surface area contributed by atoms with E-state index in [1.54, 1.807) is 18.2 Å². The van der Waals surface area contributed by atoms with Crippen LogP contribution in [-0.4, -0.2) is 34.9 Å². The lowest BCUT2D eigenvalue weighted by Crippen LogP contribution is -2.55. The van der Waals surface area contributed by atoms with Gasteiger partial charge in [0, 0.05) is 48.3 Å². The number of halogens is 1. The van der Waals surface area contributed by atoms with Crippen LogP contribution in [0.4, 0.5) is 4.39 Å². The predicted molar refractivity (Wildman–Crippen MR) is 121 cm³/mol. The molecule has 2 amide bonds. The molecule has 4 rings (SSSR count). The molecule has 2 atom stereocenters. The van der Waals surface area contributed by atoms with Gasteiger partial charge in [-0.3, -0.25) is 14.9 Å². The van der Waals surface area contributed by atoms with Crippen molar-refractivity contribution in [3.63, 3.8) is 0 Å². The van der Waals surface area contributed by atoms with Crippen LogP contribution in [0.1, 0.15) is 24.0 Å². The highest BCUT2D eigenvalue weighted by atomic mass is 32.2. The Morgan fingerprint density at radius 2 is 1.94 bits per heavy atom. The van der Waals surface area contributed by atoms with Gasteiger partial charge in [-0.15, -0.1) is 11.8 Å². The van der Waals surface area contributed by atoms with Gasteiger partial charge in [0.05, 0.1) is 0 Å². The highest BCUT2D eigenvalue weighted by Crippen LogP contribution is 2.21. The zero-order chi connectivity index (χ0) is 21.6. The summed E-state index contributed by atoms with van der Waals surface area (Å²) in [6.45, 7) is 0.533. The third-order valence-corrected chi connectivity index (χ3v) is 6.36. The van der Waals surface area contributed by atoms with Crippen LogP contribution < -0.4 is 16.0 Å². The average molecular weight is 441 g/mol. The van der Waals surface area contributed by atoms with Gasteiger partial charge in [0.1, 0.15) is 11.3 Å². The van der Waals surface area contributed by atoms with Gasteiger partial charge in [-0.1, -0.05) is 36.4 Å². The topological polar surface area (TPSA) is 86.0 Å². The second kappa shape index (κ2) is 9.98. The van der Waals surface area contributed by atoms with Gasteiger partial charge in [-0.25, -0.2) is 4.39 Å². The number of carbonyl (C=O) groups is 2. The Hall–Kier alpha value is -2.84. The summed E-state index contributed by atoms with van der Waals surface area (Å²) in [5, 5.41) is 10.2. The van der Waals surface area contributed by atoms with Gasteiger partial charge in [0.2, 0.25) is 11.8 Å². The number of thioether (sulfide) groups is 1. The third kappa shape index (κ3) is 5.65. The summed E-state index contributed by atoms with van der Waals surface area (Å²) in [5.74, 6) is -0.0386. The fourth-order valence-corrected chi connectivity index (χ4v) is 4.81. The fraction of sp³-hybridized carbons (Fsp3) is 0.304. The van der Waals surface area contributed by atoms with Crippen molar-refractivity contribution in [2.75, 3.05) is 6.54 Å². The summed E-state index contributed by atoms with van der Waals surface area (Å²) in [7, 11) is 0. The Balaban J connectivity index is 1.23. The summed E-state index contributed by atoms with van der Waals surface area (Å²) in [6.07, 6.45) is 3.17. The number of benzene rings is 2. The van der Waals surface area contributed by atoms with E-state index in [0.29, 0.717) is 17.9 Å². The first kappa shape index (κ1) is 21.4. The molecule has 1 saturated heterocycles. The molecule has 2 aromatic carbocycles. The number of fused-ring (bicyclic) bond motifs is 1. The molecule has 1 fully saturated rings. The number of hydrogen-bond acceptors (Lipinski definition) is 4. The number of aromatic amines is 1. The van der Waals surface area contributed by atoms with Crippen molar-refractivity contribution in [2.45, 2.75) is 36.6 Å². The number of para-hydroxylation sites is 1. The van der Waals surface area contributed by atoms with Gasteiger partial charge in [0.15, 0.2) is 0 Å². The molecule has 0 aliphatic carbocycles. The van der Waals surface area contributed by atoms with Crippen LogP contribution in [0, 0.1) is 5.82 Å². The Labute approximate surface area is 184 Å². The van der Waals surface area contributed by atoms with E-state index >= 15 is 0 Å². The lowest BCUT2D eigenvalue weighted by molar-refractivity contribution is -0.125. The molecule has 0 radical (unpaired) electrons. The largest absolute Gasteiger partial charge is 0.361 e. The van der Waals surface area contributed by atoms with Gasteiger partial charge in [-0.05, 0) is 29.7 Å². The van der Waals surface area contributed by atoms with E-state index in [9.17, 15) is 14.0 Å². The van der Waals surface area contributed by atoms with Crippen molar-refractivity contribution in [1.82, 2.24) is 20.9 Å². The van der Waals surface area contributed by atoms with E-state index in [2.05, 4.69) is 27.0 Å². The number of H-pyrrole nitrogens is 1. The summed E-state index contributed by atoms with van der Waals surface area (Å²) < 4.78 is 13.8. The van der Waals surface area contributed by atoms with Crippen molar-refractivity contribution in [3.8, 4) is 0 Å². The molecule has 0 spiro atoms. The lowest BCUT2D eigenvalue weighted by Gasteiger charge is -2.31. The molecular formula is C23H25FN4O2S. The van der Waals surface area contributed by atoms with E-state index in [0.717, 1.165) is 22.9 Å². The molecular weight excluding hydrogens is 415 g/mol. The van der Waals surface area contributed by atoms with Gasteiger partial charge in [-0.2, -0.15) is 0 Å². The lowest BCUT2D eigenvalue weighted by atomic mass is 10.1. The van der Waals surface area contributed by atoms with Crippen LogP contribution in [0.5, 0.6) is 0 Å². The fourth-order valence-electron chi connectivity index (χ4n) is 3.72. The smallest absolute Gasteiger partial charge is 0.223 e. The molecule has 0 bridgehead atoms. The molecule has 2 unspecified atom stereocenters. The number of carbonyl (C=O) groups excluding carboxylic acids is 2. The highest BCUT2D eigenvalue weighted by molar-refractivity contribution is 7.99. The Morgan fingerprint density at radius 3 is 2.81 bits per heavy atom.